The third-order valence-electron chi connectivity index (χ3n) is 6.52. The van der Waals surface area contributed by atoms with Crippen LogP contribution in [0, 0.1) is 0 Å². The molecule has 38 heavy (non-hydrogen) atoms. The molecule has 0 saturated carbocycles. The van der Waals surface area contributed by atoms with Crippen LogP contribution in [0.25, 0.3) is 0 Å². The number of nitrogens with one attached hydrogen (secondary N) is 1. The molecule has 1 aliphatic heterocycles. The highest BCUT2D eigenvalue weighted by Gasteiger charge is 2.44. The molecule has 13 heteroatoms. The number of nitrogens with zero attached hydrogens (tertiary/aromatic N) is 3. The van der Waals surface area contributed by atoms with Crippen LogP contribution in [0.5, 0.6) is 0 Å². The fourth-order valence-electron chi connectivity index (χ4n) is 3.94. The number of hydrogen-bond acceptors (Lipinski definition) is 11. The zero-order chi connectivity index (χ0) is 28.5. The number of amides is 1. The Morgan fingerprint density at radius 1 is 1.00 bits per heavy atom. The normalized spacial score (nSPS) is 23.9. The molecule has 0 aromatic heterocycles. The highest BCUT2D eigenvalue weighted by Crippen LogP contribution is 2.25. The van der Waals surface area contributed by atoms with Crippen molar-refractivity contribution in [2.75, 3.05) is 91.7 Å². The van der Waals surface area contributed by atoms with Crippen LogP contribution in [0.15, 0.2) is 0 Å². The SMILES string of the molecule is CCC1O[C@H](OC)C(OCCCSCCNC(=O)CN(CCN(C)CCN(C)CC)CC(=O)O)[C@@H](O)[C@@H]1O. The van der Waals surface area contributed by atoms with Crippen molar-refractivity contribution >= 4 is 23.6 Å². The van der Waals surface area contributed by atoms with Crippen molar-refractivity contribution in [3.63, 3.8) is 0 Å². The smallest absolute Gasteiger partial charge is 0.317 e. The van der Waals surface area contributed by atoms with E-state index in [9.17, 15) is 24.9 Å². The van der Waals surface area contributed by atoms with Crippen LogP contribution in [0.2, 0.25) is 0 Å². The molecular weight excluding hydrogens is 516 g/mol. The lowest BCUT2D eigenvalue weighted by Crippen LogP contribution is -2.58. The Bertz CT molecular complexity index is 663. The highest BCUT2D eigenvalue weighted by molar-refractivity contribution is 7.99. The topological polar surface area (TPSA) is 144 Å². The predicted octanol–water partition coefficient (Wildman–Crippen LogP) is -0.616. The number of hydrogen-bond donors (Lipinski definition) is 4. The van der Waals surface area contributed by atoms with E-state index >= 15 is 0 Å². The molecule has 1 heterocycles. The van der Waals surface area contributed by atoms with Crippen LogP contribution in [-0.4, -0.2) is 164 Å². The molecule has 12 nitrogen and oxygen atoms in total. The van der Waals surface area contributed by atoms with E-state index in [1.807, 2.05) is 14.0 Å². The maximum Gasteiger partial charge on any atom is 0.317 e. The molecule has 1 saturated heterocycles. The molecule has 1 fully saturated rings. The molecule has 0 spiro atoms. The third kappa shape index (κ3) is 13.9. The van der Waals surface area contributed by atoms with E-state index in [1.165, 1.54) is 7.11 Å². The quantitative estimate of drug-likeness (QED) is 0.132. The molecule has 1 amide bonds. The Morgan fingerprint density at radius 2 is 1.68 bits per heavy atom. The second-order valence-electron chi connectivity index (χ2n) is 9.62. The van der Waals surface area contributed by atoms with Crippen molar-refractivity contribution in [3.8, 4) is 0 Å². The van der Waals surface area contributed by atoms with Crippen molar-refractivity contribution in [2.45, 2.75) is 57.4 Å². The summed E-state index contributed by atoms with van der Waals surface area (Å²) in [6.07, 6.45) is -2.79. The van der Waals surface area contributed by atoms with E-state index in [0.717, 1.165) is 31.8 Å². The van der Waals surface area contributed by atoms with E-state index in [-0.39, 0.29) is 19.0 Å². The number of ether oxygens (including phenoxy) is 3. The number of rotatable bonds is 21. The highest BCUT2D eigenvalue weighted by atomic mass is 32.2. The number of thioether (sulfide) groups is 1. The zero-order valence-electron chi connectivity index (χ0n) is 23.7. The first-order chi connectivity index (χ1) is 18.1. The van der Waals surface area contributed by atoms with Gasteiger partial charge in [-0.25, -0.2) is 0 Å². The fraction of sp³-hybridized carbons (Fsp3) is 0.920. The van der Waals surface area contributed by atoms with E-state index in [0.29, 0.717) is 38.4 Å². The van der Waals surface area contributed by atoms with Gasteiger partial charge in [0.25, 0.3) is 0 Å². The lowest BCUT2D eigenvalue weighted by molar-refractivity contribution is -0.299. The molecule has 0 bridgehead atoms. The maximum atomic E-state index is 12.3. The largest absolute Gasteiger partial charge is 0.480 e. The summed E-state index contributed by atoms with van der Waals surface area (Å²) in [5.74, 6) is 0.366. The van der Waals surface area contributed by atoms with Crippen molar-refractivity contribution < 1.29 is 39.1 Å². The van der Waals surface area contributed by atoms with Gasteiger partial charge in [0.1, 0.15) is 18.3 Å². The van der Waals surface area contributed by atoms with Gasteiger partial charge in [-0.15, -0.1) is 0 Å². The number of aliphatic hydroxyl groups excluding tert-OH is 2. The zero-order valence-corrected chi connectivity index (χ0v) is 24.5. The average molecular weight is 567 g/mol. The van der Waals surface area contributed by atoms with Gasteiger partial charge in [0.15, 0.2) is 6.29 Å². The monoisotopic (exact) mass is 566 g/mol. The summed E-state index contributed by atoms with van der Waals surface area (Å²) in [5, 5.41) is 32.6. The summed E-state index contributed by atoms with van der Waals surface area (Å²) in [7, 11) is 5.54. The minimum absolute atomic E-state index is 0.0463. The molecule has 4 N–H and O–H groups in total. The Morgan fingerprint density at radius 3 is 2.32 bits per heavy atom. The van der Waals surface area contributed by atoms with Crippen LogP contribution < -0.4 is 5.32 Å². The standard InChI is InChI=1S/C25H50N4O8S/c1-6-19-22(33)23(34)24(25(35-5)37-19)36-14-8-15-38-16-9-26-20(30)17-29(18-21(31)32)13-12-28(4)11-10-27(3)7-2/h19,22-25,33-34H,6-18H2,1-5H3,(H,26,30)(H,31,32)/t19?,22-,23+,24?,25+/m1/s1. The first-order valence-electron chi connectivity index (χ1n) is 13.4. The molecule has 5 atom stereocenters. The summed E-state index contributed by atoms with van der Waals surface area (Å²) in [4.78, 5) is 29.6. The second-order valence-corrected chi connectivity index (χ2v) is 10.8. The Balaban J connectivity index is 2.23. The molecular formula is C25H50N4O8S. The van der Waals surface area contributed by atoms with Crippen LogP contribution in [0.1, 0.15) is 26.7 Å². The summed E-state index contributed by atoms with van der Waals surface area (Å²) in [6, 6.07) is 0. The molecule has 0 aromatic carbocycles. The van der Waals surface area contributed by atoms with Crippen LogP contribution in [0.4, 0.5) is 0 Å². The van der Waals surface area contributed by atoms with Gasteiger partial charge >= 0.3 is 5.97 Å². The van der Waals surface area contributed by atoms with Crippen molar-refractivity contribution in [1.29, 1.82) is 0 Å². The van der Waals surface area contributed by atoms with Gasteiger partial charge in [0, 0.05) is 52.2 Å². The van der Waals surface area contributed by atoms with Crippen molar-refractivity contribution in [2.24, 2.45) is 0 Å². The number of likely N-dealkylation sites (N-methyl/N-ethyl adjacent to an activating group) is 2. The van der Waals surface area contributed by atoms with Gasteiger partial charge in [0.2, 0.25) is 5.91 Å². The van der Waals surface area contributed by atoms with Crippen molar-refractivity contribution in [1.82, 2.24) is 20.0 Å². The van der Waals surface area contributed by atoms with Gasteiger partial charge in [-0.05, 0) is 39.2 Å². The average Bonchev–Trinajstić information content (AvgIpc) is 2.89. The molecule has 0 aromatic rings. The summed E-state index contributed by atoms with van der Waals surface area (Å²) in [6.45, 7) is 8.68. The lowest BCUT2D eigenvalue weighted by atomic mass is 9.97. The van der Waals surface area contributed by atoms with Gasteiger partial charge < -0.3 is 44.6 Å². The first kappa shape index (κ1) is 35.0. The van der Waals surface area contributed by atoms with Gasteiger partial charge in [0.05, 0.1) is 19.2 Å². The maximum absolute atomic E-state index is 12.3. The van der Waals surface area contributed by atoms with Crippen LogP contribution in [0.3, 0.4) is 0 Å². The van der Waals surface area contributed by atoms with Crippen LogP contribution >= 0.6 is 11.8 Å². The number of carbonyl (C=O) groups is 2. The number of methoxy groups -OCH3 is 1. The number of aliphatic hydroxyl groups is 2. The molecule has 0 radical (unpaired) electrons. The Labute approximate surface area is 231 Å². The summed E-state index contributed by atoms with van der Waals surface area (Å²) in [5.41, 5.74) is 0. The molecule has 224 valence electrons. The van der Waals surface area contributed by atoms with E-state index < -0.39 is 36.7 Å². The second kappa shape index (κ2) is 19.9. The molecule has 0 aliphatic carbocycles. The third-order valence-corrected chi connectivity index (χ3v) is 7.59. The van der Waals surface area contributed by atoms with Crippen molar-refractivity contribution in [3.05, 3.63) is 0 Å². The Hall–Kier alpha value is -1.03. The van der Waals surface area contributed by atoms with Gasteiger partial charge in [-0.3, -0.25) is 14.5 Å². The predicted molar refractivity (Wildman–Crippen MR) is 147 cm³/mol. The summed E-state index contributed by atoms with van der Waals surface area (Å²) >= 11 is 1.66. The molecule has 1 rings (SSSR count). The van der Waals surface area contributed by atoms with E-state index in [2.05, 4.69) is 29.1 Å². The minimum atomic E-state index is -1.08. The first-order valence-corrected chi connectivity index (χ1v) is 14.6. The summed E-state index contributed by atoms with van der Waals surface area (Å²) < 4.78 is 16.7. The minimum Gasteiger partial charge on any atom is -0.480 e. The number of carbonyl (C=O) groups excluding carboxylic acids is 1. The lowest BCUT2D eigenvalue weighted by Gasteiger charge is -2.41. The van der Waals surface area contributed by atoms with Crippen LogP contribution in [-0.2, 0) is 23.8 Å². The fourth-order valence-corrected chi connectivity index (χ4v) is 4.72. The number of aliphatic carboxylic acids is 1. The van der Waals surface area contributed by atoms with E-state index in [4.69, 9.17) is 14.2 Å². The Kier molecular flexibility index (Phi) is 18.4. The number of carboxylic acid groups (broad SMARTS) is 1. The molecule has 2 unspecified atom stereocenters. The van der Waals surface area contributed by atoms with Gasteiger partial charge in [-0.2, -0.15) is 11.8 Å². The molecule has 1 aliphatic rings. The van der Waals surface area contributed by atoms with E-state index in [1.54, 1.807) is 16.7 Å². The van der Waals surface area contributed by atoms with Gasteiger partial charge in [-0.1, -0.05) is 13.8 Å². The number of carboxylic acids is 1.